The molecule has 1 saturated heterocycles. The lowest BCUT2D eigenvalue weighted by atomic mass is 9.92. The topological polar surface area (TPSA) is 119 Å². The minimum atomic E-state index is -0.724. The van der Waals surface area contributed by atoms with E-state index in [1.165, 1.54) is 0 Å². The van der Waals surface area contributed by atoms with E-state index in [1.54, 1.807) is 24.3 Å². The lowest BCUT2D eigenvalue weighted by molar-refractivity contribution is -0.138. The van der Waals surface area contributed by atoms with E-state index in [0.717, 1.165) is 4.90 Å². The Bertz CT molecular complexity index is 707. The van der Waals surface area contributed by atoms with Gasteiger partial charge < -0.3 is 15.8 Å². The summed E-state index contributed by atoms with van der Waals surface area (Å²) in [5.74, 6) is -1.44. The van der Waals surface area contributed by atoms with E-state index in [1.807, 2.05) is 0 Å². The highest BCUT2D eigenvalue weighted by Gasteiger charge is 2.41. The van der Waals surface area contributed by atoms with Crippen LogP contribution in [0.4, 0.5) is 0 Å². The third kappa shape index (κ3) is 3.39. The van der Waals surface area contributed by atoms with Gasteiger partial charge in [0.15, 0.2) is 0 Å². The molecule has 4 amide bonds. The predicted octanol–water partition coefficient (Wildman–Crippen LogP) is -0.177. The van der Waals surface area contributed by atoms with E-state index in [9.17, 15) is 19.2 Å². The van der Waals surface area contributed by atoms with Crippen LogP contribution in [0.3, 0.4) is 0 Å². The van der Waals surface area contributed by atoms with Gasteiger partial charge in [-0.15, -0.1) is 0 Å². The molecule has 8 heteroatoms. The van der Waals surface area contributed by atoms with E-state index >= 15 is 0 Å². The van der Waals surface area contributed by atoms with Gasteiger partial charge in [0.25, 0.3) is 11.8 Å². The Morgan fingerprint density at radius 1 is 1.16 bits per heavy atom. The van der Waals surface area contributed by atoms with Crippen molar-refractivity contribution >= 4 is 23.6 Å². The van der Waals surface area contributed by atoms with Crippen LogP contribution in [0.25, 0.3) is 0 Å². The highest BCUT2D eigenvalue weighted by atomic mass is 16.5. The average molecular weight is 345 g/mol. The number of imide groups is 1. The molecule has 132 valence electrons. The van der Waals surface area contributed by atoms with E-state index < -0.39 is 11.4 Å². The number of rotatable bonds is 7. The number of hydrogen-bond acceptors (Lipinski definition) is 5. The maximum atomic E-state index is 12.2. The number of benzene rings is 1. The second-order valence-corrected chi connectivity index (χ2v) is 6.38. The van der Waals surface area contributed by atoms with Crippen LogP contribution in [0.2, 0.25) is 0 Å². The van der Waals surface area contributed by atoms with Crippen molar-refractivity contribution in [1.82, 2.24) is 10.2 Å². The number of fused-ring (bicyclic) bond motifs is 1. The maximum Gasteiger partial charge on any atom is 0.261 e. The minimum Gasteiger partial charge on any atom is -0.376 e. The SMILES string of the molecule is NC(=O)CC1(NC(=O)CCCN2C(=O)c3ccccc3C2=O)COC1. The van der Waals surface area contributed by atoms with E-state index in [-0.39, 0.29) is 50.3 Å². The summed E-state index contributed by atoms with van der Waals surface area (Å²) in [6.07, 6.45) is 0.496. The molecule has 1 fully saturated rings. The molecule has 0 saturated carbocycles. The fraction of sp³-hybridized carbons (Fsp3) is 0.412. The Labute approximate surface area is 144 Å². The summed E-state index contributed by atoms with van der Waals surface area (Å²) in [7, 11) is 0. The molecule has 1 aromatic carbocycles. The highest BCUT2D eigenvalue weighted by Crippen LogP contribution is 2.23. The normalized spacial score (nSPS) is 17.8. The molecule has 0 atom stereocenters. The van der Waals surface area contributed by atoms with Crippen LogP contribution in [0, 0.1) is 0 Å². The number of carbonyl (C=O) groups excluding carboxylic acids is 4. The van der Waals surface area contributed by atoms with Crippen molar-refractivity contribution in [1.29, 1.82) is 0 Å². The number of primary amides is 1. The smallest absolute Gasteiger partial charge is 0.261 e. The van der Waals surface area contributed by atoms with E-state index in [2.05, 4.69) is 5.32 Å². The second-order valence-electron chi connectivity index (χ2n) is 6.38. The molecule has 25 heavy (non-hydrogen) atoms. The van der Waals surface area contributed by atoms with Gasteiger partial charge in [-0.25, -0.2) is 0 Å². The van der Waals surface area contributed by atoms with Crippen LogP contribution >= 0.6 is 0 Å². The maximum absolute atomic E-state index is 12.2. The first-order chi connectivity index (χ1) is 11.9. The standard InChI is InChI=1S/C17H19N3O5/c18-13(21)8-17(9-25-10-17)19-14(22)6-3-7-20-15(23)11-4-1-2-5-12(11)16(20)24/h1-2,4-5H,3,6-10H2,(H2,18,21)(H,19,22). The van der Waals surface area contributed by atoms with Gasteiger partial charge in [0, 0.05) is 13.0 Å². The molecule has 2 aliphatic rings. The Morgan fingerprint density at radius 3 is 2.24 bits per heavy atom. The zero-order valence-corrected chi connectivity index (χ0v) is 13.6. The van der Waals surface area contributed by atoms with Crippen LogP contribution in [0.1, 0.15) is 40.0 Å². The van der Waals surface area contributed by atoms with Crippen molar-refractivity contribution in [3.05, 3.63) is 35.4 Å². The van der Waals surface area contributed by atoms with Gasteiger partial charge in [0.2, 0.25) is 11.8 Å². The van der Waals surface area contributed by atoms with E-state index in [0.29, 0.717) is 17.5 Å². The Kier molecular flexibility index (Phi) is 4.54. The third-order valence-corrected chi connectivity index (χ3v) is 4.34. The Balaban J connectivity index is 1.50. The molecule has 0 aliphatic carbocycles. The van der Waals surface area contributed by atoms with Crippen LogP contribution in [-0.4, -0.2) is 53.8 Å². The number of amides is 4. The molecule has 2 heterocycles. The Hall–Kier alpha value is -2.74. The molecular weight excluding hydrogens is 326 g/mol. The van der Waals surface area contributed by atoms with Crippen molar-refractivity contribution in [3.8, 4) is 0 Å². The fourth-order valence-electron chi connectivity index (χ4n) is 3.10. The molecule has 3 rings (SSSR count). The van der Waals surface area contributed by atoms with Gasteiger partial charge in [-0.3, -0.25) is 24.1 Å². The van der Waals surface area contributed by atoms with Gasteiger partial charge in [-0.05, 0) is 18.6 Å². The number of ether oxygens (including phenoxy) is 1. The number of nitrogens with zero attached hydrogens (tertiary/aromatic N) is 1. The van der Waals surface area contributed by atoms with Crippen molar-refractivity contribution < 1.29 is 23.9 Å². The monoisotopic (exact) mass is 345 g/mol. The largest absolute Gasteiger partial charge is 0.376 e. The number of nitrogens with two attached hydrogens (primary N) is 1. The number of nitrogens with one attached hydrogen (secondary N) is 1. The zero-order valence-electron chi connectivity index (χ0n) is 13.6. The molecule has 0 aromatic heterocycles. The lowest BCUT2D eigenvalue weighted by Gasteiger charge is -2.41. The van der Waals surface area contributed by atoms with Gasteiger partial charge in [0.05, 0.1) is 36.3 Å². The Morgan fingerprint density at radius 2 is 1.76 bits per heavy atom. The molecule has 0 bridgehead atoms. The van der Waals surface area contributed by atoms with Crippen LogP contribution in [-0.2, 0) is 14.3 Å². The highest BCUT2D eigenvalue weighted by molar-refractivity contribution is 6.21. The van der Waals surface area contributed by atoms with Gasteiger partial charge in [-0.2, -0.15) is 0 Å². The predicted molar refractivity (Wildman–Crippen MR) is 86.5 cm³/mol. The zero-order chi connectivity index (χ0) is 18.0. The average Bonchev–Trinajstić information content (AvgIpc) is 2.78. The minimum absolute atomic E-state index is 0.0249. The van der Waals surface area contributed by atoms with Crippen LogP contribution < -0.4 is 11.1 Å². The quantitative estimate of drug-likeness (QED) is 0.665. The summed E-state index contributed by atoms with van der Waals surface area (Å²) in [5, 5.41) is 2.77. The van der Waals surface area contributed by atoms with Gasteiger partial charge in [0.1, 0.15) is 0 Å². The molecule has 8 nitrogen and oxygen atoms in total. The first-order valence-corrected chi connectivity index (χ1v) is 8.04. The fourth-order valence-corrected chi connectivity index (χ4v) is 3.10. The summed E-state index contributed by atoms with van der Waals surface area (Å²) in [4.78, 5) is 48.8. The number of hydrogen-bond donors (Lipinski definition) is 2. The molecule has 0 spiro atoms. The van der Waals surface area contributed by atoms with Crippen LogP contribution in [0.5, 0.6) is 0 Å². The van der Waals surface area contributed by atoms with Crippen molar-refractivity contribution in [3.63, 3.8) is 0 Å². The first kappa shape index (κ1) is 17.1. The van der Waals surface area contributed by atoms with Crippen molar-refractivity contribution in [2.45, 2.75) is 24.8 Å². The summed E-state index contributed by atoms with van der Waals surface area (Å²) >= 11 is 0. The van der Waals surface area contributed by atoms with Gasteiger partial charge in [-0.1, -0.05) is 12.1 Å². The van der Waals surface area contributed by atoms with E-state index in [4.69, 9.17) is 10.5 Å². The lowest BCUT2D eigenvalue weighted by Crippen LogP contribution is -2.63. The summed E-state index contributed by atoms with van der Waals surface area (Å²) < 4.78 is 5.07. The molecule has 0 unspecified atom stereocenters. The first-order valence-electron chi connectivity index (χ1n) is 8.04. The van der Waals surface area contributed by atoms with Gasteiger partial charge >= 0.3 is 0 Å². The summed E-state index contributed by atoms with van der Waals surface area (Å²) in [5.41, 5.74) is 5.25. The second kappa shape index (κ2) is 6.64. The third-order valence-electron chi connectivity index (χ3n) is 4.34. The molecule has 1 aromatic rings. The number of carbonyl (C=O) groups is 4. The van der Waals surface area contributed by atoms with Crippen molar-refractivity contribution in [2.75, 3.05) is 19.8 Å². The molecular formula is C17H19N3O5. The molecule has 3 N–H and O–H groups in total. The van der Waals surface area contributed by atoms with Crippen LogP contribution in [0.15, 0.2) is 24.3 Å². The van der Waals surface area contributed by atoms with Crippen molar-refractivity contribution in [2.24, 2.45) is 5.73 Å². The molecule has 2 aliphatic heterocycles. The summed E-state index contributed by atoms with van der Waals surface area (Å²) in [6, 6.07) is 6.65. The molecule has 0 radical (unpaired) electrons. The summed E-state index contributed by atoms with van der Waals surface area (Å²) in [6.45, 7) is 0.666.